The molecule has 1 amide bonds. The summed E-state index contributed by atoms with van der Waals surface area (Å²) in [4.78, 5) is 27.5. The van der Waals surface area contributed by atoms with E-state index in [1.807, 2.05) is 7.05 Å². The Kier molecular flexibility index (Phi) is 5.62. The highest BCUT2D eigenvalue weighted by Gasteiger charge is 2.35. The van der Waals surface area contributed by atoms with Crippen LogP contribution in [0, 0.1) is 11.8 Å². The van der Waals surface area contributed by atoms with Crippen LogP contribution in [0.25, 0.3) is 0 Å². The second-order valence-electron chi connectivity index (χ2n) is 6.72. The maximum atomic E-state index is 12.4. The quantitative estimate of drug-likeness (QED) is 0.812. The van der Waals surface area contributed by atoms with Crippen LogP contribution < -0.4 is 0 Å². The van der Waals surface area contributed by atoms with E-state index in [0.717, 1.165) is 19.5 Å². The van der Waals surface area contributed by atoms with Crippen LogP contribution in [0.2, 0.25) is 0 Å². The average molecular weight is 296 g/mol. The number of hydrogen-bond donors (Lipinski definition) is 1. The maximum absolute atomic E-state index is 12.4. The minimum absolute atomic E-state index is 0.0899. The minimum Gasteiger partial charge on any atom is -0.481 e. The summed E-state index contributed by atoms with van der Waals surface area (Å²) in [5.41, 5.74) is 0. The molecule has 0 saturated heterocycles. The third-order valence-corrected chi connectivity index (χ3v) is 5.24. The summed E-state index contributed by atoms with van der Waals surface area (Å²) in [6, 6.07) is 0.677. The Morgan fingerprint density at radius 3 is 2.19 bits per heavy atom. The first kappa shape index (κ1) is 16.3. The number of carboxylic acids is 1. The normalized spacial score (nSPS) is 26.4. The van der Waals surface area contributed by atoms with E-state index in [1.165, 1.54) is 25.7 Å². The Balaban J connectivity index is 1.73. The van der Waals surface area contributed by atoms with Crippen LogP contribution in [-0.2, 0) is 9.59 Å². The molecule has 0 aromatic rings. The van der Waals surface area contributed by atoms with Crippen LogP contribution >= 0.6 is 0 Å². The van der Waals surface area contributed by atoms with Crippen molar-refractivity contribution in [3.8, 4) is 0 Å². The molecular formula is C16H28N2O3. The molecule has 0 radical (unpaired) electrons. The van der Waals surface area contributed by atoms with Gasteiger partial charge in [-0.2, -0.15) is 0 Å². The van der Waals surface area contributed by atoms with Gasteiger partial charge in [-0.15, -0.1) is 0 Å². The van der Waals surface area contributed by atoms with Crippen molar-refractivity contribution in [1.29, 1.82) is 0 Å². The molecule has 5 heteroatoms. The standard InChI is InChI=1S/C16H28N2O3/c1-17(14-5-3-4-6-14)9-10-18(2)15(19)12-7-8-13(11-12)16(20)21/h12-14H,3-11H2,1-2H3,(H,20,21)/t12-,13+/m0/s1. The highest BCUT2D eigenvalue weighted by molar-refractivity contribution is 5.80. The van der Waals surface area contributed by atoms with Crippen molar-refractivity contribution in [3.63, 3.8) is 0 Å². The van der Waals surface area contributed by atoms with Crippen molar-refractivity contribution in [1.82, 2.24) is 9.80 Å². The third kappa shape index (κ3) is 4.19. The number of amides is 1. The summed E-state index contributed by atoms with van der Waals surface area (Å²) < 4.78 is 0. The summed E-state index contributed by atoms with van der Waals surface area (Å²) in [5, 5.41) is 9.02. The lowest BCUT2D eigenvalue weighted by Crippen LogP contribution is -2.40. The number of likely N-dealkylation sites (N-methyl/N-ethyl adjacent to an activating group) is 2. The maximum Gasteiger partial charge on any atom is 0.306 e. The molecule has 2 atom stereocenters. The summed E-state index contributed by atoms with van der Waals surface area (Å²) in [6.07, 6.45) is 7.07. The molecule has 0 heterocycles. The zero-order valence-electron chi connectivity index (χ0n) is 13.3. The van der Waals surface area contributed by atoms with Crippen LogP contribution in [0.1, 0.15) is 44.9 Å². The molecule has 2 fully saturated rings. The lowest BCUT2D eigenvalue weighted by Gasteiger charge is -2.28. The van der Waals surface area contributed by atoms with E-state index in [4.69, 9.17) is 5.11 Å². The molecule has 0 bridgehead atoms. The predicted octanol–water partition coefficient (Wildman–Crippen LogP) is 1.82. The summed E-state index contributed by atoms with van der Waals surface area (Å²) in [6.45, 7) is 1.64. The summed E-state index contributed by atoms with van der Waals surface area (Å²) in [7, 11) is 3.99. The number of carbonyl (C=O) groups is 2. The molecule has 0 spiro atoms. The molecule has 0 aliphatic heterocycles. The molecule has 0 unspecified atom stereocenters. The molecule has 0 aromatic carbocycles. The van der Waals surface area contributed by atoms with Crippen LogP contribution in [0.3, 0.4) is 0 Å². The van der Waals surface area contributed by atoms with Gasteiger partial charge in [0.15, 0.2) is 0 Å². The van der Waals surface area contributed by atoms with Crippen molar-refractivity contribution in [2.24, 2.45) is 11.8 Å². The predicted molar refractivity (Wildman–Crippen MR) is 81.0 cm³/mol. The molecule has 5 nitrogen and oxygen atoms in total. The van der Waals surface area contributed by atoms with Gasteiger partial charge in [-0.3, -0.25) is 9.59 Å². The largest absolute Gasteiger partial charge is 0.481 e. The van der Waals surface area contributed by atoms with E-state index in [2.05, 4.69) is 11.9 Å². The first-order chi connectivity index (χ1) is 9.99. The van der Waals surface area contributed by atoms with Crippen LogP contribution in [0.4, 0.5) is 0 Å². The molecule has 21 heavy (non-hydrogen) atoms. The molecule has 1 N–H and O–H groups in total. The van der Waals surface area contributed by atoms with Gasteiger partial charge in [0.05, 0.1) is 5.92 Å². The van der Waals surface area contributed by atoms with E-state index in [1.54, 1.807) is 4.90 Å². The van der Waals surface area contributed by atoms with Gasteiger partial charge < -0.3 is 14.9 Å². The fraction of sp³-hybridized carbons (Fsp3) is 0.875. The topological polar surface area (TPSA) is 60.9 Å². The Labute approximate surface area is 127 Å². The number of carbonyl (C=O) groups excluding carboxylic acids is 1. The lowest BCUT2D eigenvalue weighted by molar-refractivity contribution is -0.141. The molecule has 2 saturated carbocycles. The third-order valence-electron chi connectivity index (χ3n) is 5.24. The molecule has 2 rings (SSSR count). The zero-order chi connectivity index (χ0) is 15.4. The van der Waals surface area contributed by atoms with E-state index in [9.17, 15) is 9.59 Å². The highest BCUT2D eigenvalue weighted by Crippen LogP contribution is 2.32. The van der Waals surface area contributed by atoms with Gasteiger partial charge in [-0.1, -0.05) is 12.8 Å². The number of rotatable bonds is 6. The van der Waals surface area contributed by atoms with Crippen molar-refractivity contribution in [2.45, 2.75) is 51.0 Å². The Hall–Kier alpha value is -1.10. The van der Waals surface area contributed by atoms with Gasteiger partial charge in [0, 0.05) is 32.1 Å². The number of carboxylic acid groups (broad SMARTS) is 1. The molecule has 0 aromatic heterocycles. The van der Waals surface area contributed by atoms with E-state index >= 15 is 0 Å². The van der Waals surface area contributed by atoms with Crippen molar-refractivity contribution >= 4 is 11.9 Å². The molecule has 120 valence electrons. The molecule has 2 aliphatic carbocycles. The Bertz CT molecular complexity index is 380. The first-order valence-electron chi connectivity index (χ1n) is 8.17. The van der Waals surface area contributed by atoms with Gasteiger partial charge in [0.2, 0.25) is 5.91 Å². The fourth-order valence-electron chi connectivity index (χ4n) is 3.69. The Morgan fingerprint density at radius 1 is 1.00 bits per heavy atom. The van der Waals surface area contributed by atoms with E-state index in [0.29, 0.717) is 18.9 Å². The zero-order valence-corrected chi connectivity index (χ0v) is 13.3. The van der Waals surface area contributed by atoms with Crippen LogP contribution in [0.15, 0.2) is 0 Å². The van der Waals surface area contributed by atoms with Gasteiger partial charge in [0.1, 0.15) is 0 Å². The second kappa shape index (κ2) is 7.25. The van der Waals surface area contributed by atoms with Crippen molar-refractivity contribution in [3.05, 3.63) is 0 Å². The van der Waals surface area contributed by atoms with Gasteiger partial charge in [-0.05, 0) is 39.2 Å². The van der Waals surface area contributed by atoms with Crippen LogP contribution in [-0.4, -0.2) is 60.0 Å². The monoisotopic (exact) mass is 296 g/mol. The Morgan fingerprint density at radius 2 is 1.62 bits per heavy atom. The average Bonchev–Trinajstić information content (AvgIpc) is 3.13. The smallest absolute Gasteiger partial charge is 0.306 e. The fourth-order valence-corrected chi connectivity index (χ4v) is 3.69. The number of aliphatic carboxylic acids is 1. The minimum atomic E-state index is -0.756. The van der Waals surface area contributed by atoms with E-state index < -0.39 is 5.97 Å². The van der Waals surface area contributed by atoms with Crippen LogP contribution in [0.5, 0.6) is 0 Å². The summed E-state index contributed by atoms with van der Waals surface area (Å²) >= 11 is 0. The number of hydrogen-bond acceptors (Lipinski definition) is 3. The van der Waals surface area contributed by atoms with E-state index in [-0.39, 0.29) is 17.7 Å². The summed E-state index contributed by atoms with van der Waals surface area (Å²) in [5.74, 6) is -1.05. The first-order valence-corrected chi connectivity index (χ1v) is 8.17. The number of nitrogens with zero attached hydrogens (tertiary/aromatic N) is 2. The lowest BCUT2D eigenvalue weighted by atomic mass is 10.0. The highest BCUT2D eigenvalue weighted by atomic mass is 16.4. The second-order valence-corrected chi connectivity index (χ2v) is 6.72. The SMILES string of the molecule is CN(CCN(C)C1CCCC1)C(=O)[C@H]1CC[C@@H](C(=O)O)C1. The van der Waals surface area contributed by atoms with Gasteiger partial charge >= 0.3 is 5.97 Å². The van der Waals surface area contributed by atoms with Gasteiger partial charge in [0.25, 0.3) is 0 Å². The van der Waals surface area contributed by atoms with Crippen molar-refractivity contribution in [2.75, 3.05) is 27.2 Å². The molecular weight excluding hydrogens is 268 g/mol. The molecule has 2 aliphatic rings. The van der Waals surface area contributed by atoms with Crippen molar-refractivity contribution < 1.29 is 14.7 Å². The van der Waals surface area contributed by atoms with Gasteiger partial charge in [-0.25, -0.2) is 0 Å².